The molecule has 3 rings (SSSR count). The van der Waals surface area contributed by atoms with Crippen LogP contribution in [0.2, 0.25) is 0 Å². The van der Waals surface area contributed by atoms with Gasteiger partial charge in [0.25, 0.3) is 0 Å². The van der Waals surface area contributed by atoms with Gasteiger partial charge in [-0.05, 0) is 29.3 Å². The lowest BCUT2D eigenvalue weighted by atomic mass is 9.98. The van der Waals surface area contributed by atoms with Gasteiger partial charge in [-0.25, -0.2) is 4.39 Å². The standard InChI is InChI=1S/C14H12FNO/c15-10-5-6-13(17)12(7-10)14-11-4-2-1-3-9(11)8-16-14/h1-7,14,16-17H,8H2. The average Bonchev–Trinajstić information content (AvgIpc) is 2.76. The van der Waals surface area contributed by atoms with Gasteiger partial charge in [0.2, 0.25) is 0 Å². The van der Waals surface area contributed by atoms with Crippen molar-refractivity contribution in [3.8, 4) is 5.75 Å². The maximum absolute atomic E-state index is 13.2. The van der Waals surface area contributed by atoms with Crippen LogP contribution in [0.4, 0.5) is 4.39 Å². The van der Waals surface area contributed by atoms with E-state index in [1.54, 1.807) is 0 Å². The molecule has 2 N–H and O–H groups in total. The molecule has 2 aromatic carbocycles. The normalized spacial score (nSPS) is 18.1. The number of benzene rings is 2. The summed E-state index contributed by atoms with van der Waals surface area (Å²) in [4.78, 5) is 0. The lowest BCUT2D eigenvalue weighted by Crippen LogP contribution is -2.13. The minimum absolute atomic E-state index is 0.123. The largest absolute Gasteiger partial charge is 0.508 e. The summed E-state index contributed by atoms with van der Waals surface area (Å²) in [6.45, 7) is 0.747. The highest BCUT2D eigenvalue weighted by atomic mass is 19.1. The highest BCUT2D eigenvalue weighted by Gasteiger charge is 2.25. The van der Waals surface area contributed by atoms with Gasteiger partial charge in [0, 0.05) is 12.1 Å². The fourth-order valence-electron chi connectivity index (χ4n) is 2.33. The number of fused-ring (bicyclic) bond motifs is 1. The quantitative estimate of drug-likeness (QED) is 0.788. The third kappa shape index (κ3) is 1.68. The number of halogens is 1. The van der Waals surface area contributed by atoms with Crippen molar-refractivity contribution in [3.63, 3.8) is 0 Å². The van der Waals surface area contributed by atoms with Crippen molar-refractivity contribution in [1.29, 1.82) is 0 Å². The van der Waals surface area contributed by atoms with Crippen LogP contribution in [0.3, 0.4) is 0 Å². The van der Waals surface area contributed by atoms with E-state index in [2.05, 4.69) is 5.32 Å². The van der Waals surface area contributed by atoms with E-state index in [0.29, 0.717) is 5.56 Å². The van der Waals surface area contributed by atoms with Crippen LogP contribution in [0.15, 0.2) is 42.5 Å². The van der Waals surface area contributed by atoms with Crippen LogP contribution in [0, 0.1) is 5.82 Å². The van der Waals surface area contributed by atoms with Crippen molar-refractivity contribution in [2.45, 2.75) is 12.6 Å². The summed E-state index contributed by atoms with van der Waals surface area (Å²) in [6.07, 6.45) is 0. The summed E-state index contributed by atoms with van der Waals surface area (Å²) in [5.41, 5.74) is 2.89. The zero-order chi connectivity index (χ0) is 11.8. The Morgan fingerprint density at radius 3 is 2.82 bits per heavy atom. The molecule has 86 valence electrons. The van der Waals surface area contributed by atoms with Crippen molar-refractivity contribution >= 4 is 0 Å². The molecular weight excluding hydrogens is 217 g/mol. The highest BCUT2D eigenvalue weighted by Crippen LogP contribution is 2.35. The lowest BCUT2D eigenvalue weighted by Gasteiger charge is -2.14. The first kappa shape index (κ1) is 10.3. The summed E-state index contributed by atoms with van der Waals surface area (Å²) in [6, 6.07) is 11.9. The van der Waals surface area contributed by atoms with E-state index in [4.69, 9.17) is 0 Å². The molecular formula is C14H12FNO. The third-order valence-electron chi connectivity index (χ3n) is 3.16. The minimum Gasteiger partial charge on any atom is -0.508 e. The summed E-state index contributed by atoms with van der Waals surface area (Å²) < 4.78 is 13.2. The van der Waals surface area contributed by atoms with E-state index in [0.717, 1.165) is 12.1 Å². The second-order valence-corrected chi connectivity index (χ2v) is 4.22. The van der Waals surface area contributed by atoms with Crippen LogP contribution in [0.1, 0.15) is 22.7 Å². The topological polar surface area (TPSA) is 32.3 Å². The van der Waals surface area contributed by atoms with Crippen molar-refractivity contribution in [3.05, 3.63) is 65.0 Å². The number of rotatable bonds is 1. The summed E-state index contributed by atoms with van der Waals surface area (Å²) in [5.74, 6) is -0.204. The molecule has 1 unspecified atom stereocenters. The molecule has 3 heteroatoms. The van der Waals surface area contributed by atoms with Gasteiger partial charge in [0.05, 0.1) is 6.04 Å². The first-order chi connectivity index (χ1) is 8.25. The van der Waals surface area contributed by atoms with E-state index in [9.17, 15) is 9.50 Å². The van der Waals surface area contributed by atoms with Crippen LogP contribution < -0.4 is 5.32 Å². The van der Waals surface area contributed by atoms with Gasteiger partial charge in [-0.15, -0.1) is 0 Å². The van der Waals surface area contributed by atoms with E-state index in [-0.39, 0.29) is 17.6 Å². The average molecular weight is 229 g/mol. The minimum atomic E-state index is -0.330. The SMILES string of the molecule is Oc1ccc(F)cc1C1NCc2ccccc21. The summed E-state index contributed by atoms with van der Waals surface area (Å²) in [5, 5.41) is 13.1. The fourth-order valence-corrected chi connectivity index (χ4v) is 2.33. The molecule has 0 aromatic heterocycles. The van der Waals surface area contributed by atoms with Gasteiger partial charge < -0.3 is 10.4 Å². The van der Waals surface area contributed by atoms with Crippen molar-refractivity contribution < 1.29 is 9.50 Å². The fraction of sp³-hybridized carbons (Fsp3) is 0.143. The zero-order valence-corrected chi connectivity index (χ0v) is 9.15. The smallest absolute Gasteiger partial charge is 0.123 e. The van der Waals surface area contributed by atoms with Crippen LogP contribution in [0.5, 0.6) is 5.75 Å². The van der Waals surface area contributed by atoms with Crippen molar-refractivity contribution in [1.82, 2.24) is 5.32 Å². The van der Waals surface area contributed by atoms with Crippen LogP contribution in [-0.2, 0) is 6.54 Å². The monoisotopic (exact) mass is 229 g/mol. The molecule has 1 atom stereocenters. The Labute approximate surface area is 98.7 Å². The Hall–Kier alpha value is -1.87. The molecule has 0 saturated heterocycles. The summed E-state index contributed by atoms with van der Waals surface area (Å²) >= 11 is 0. The lowest BCUT2D eigenvalue weighted by molar-refractivity contribution is 0.457. The molecule has 1 heterocycles. The first-order valence-electron chi connectivity index (χ1n) is 5.55. The number of aromatic hydroxyl groups is 1. The molecule has 0 saturated carbocycles. The Kier molecular flexibility index (Phi) is 2.34. The number of phenolic OH excluding ortho intramolecular Hbond substituents is 1. The molecule has 2 aromatic rings. The number of hydrogen-bond donors (Lipinski definition) is 2. The predicted molar refractivity (Wildman–Crippen MR) is 63.2 cm³/mol. The first-order valence-corrected chi connectivity index (χ1v) is 5.55. The van der Waals surface area contributed by atoms with E-state index in [1.165, 1.54) is 23.8 Å². The Morgan fingerprint density at radius 2 is 1.94 bits per heavy atom. The van der Waals surface area contributed by atoms with Crippen LogP contribution in [0.25, 0.3) is 0 Å². The molecule has 0 spiro atoms. The molecule has 1 aliphatic rings. The maximum atomic E-state index is 13.2. The highest BCUT2D eigenvalue weighted by molar-refractivity contribution is 5.46. The third-order valence-corrected chi connectivity index (χ3v) is 3.16. The molecule has 0 amide bonds. The van der Waals surface area contributed by atoms with Crippen molar-refractivity contribution in [2.75, 3.05) is 0 Å². The molecule has 0 radical (unpaired) electrons. The van der Waals surface area contributed by atoms with Gasteiger partial charge in [-0.2, -0.15) is 0 Å². The van der Waals surface area contributed by atoms with E-state index in [1.807, 2.05) is 24.3 Å². The molecule has 17 heavy (non-hydrogen) atoms. The van der Waals surface area contributed by atoms with Crippen molar-refractivity contribution in [2.24, 2.45) is 0 Å². The number of nitrogens with one attached hydrogen (secondary N) is 1. The Morgan fingerprint density at radius 1 is 1.12 bits per heavy atom. The zero-order valence-electron chi connectivity index (χ0n) is 9.15. The second-order valence-electron chi connectivity index (χ2n) is 4.22. The molecule has 1 aliphatic heterocycles. The predicted octanol–water partition coefficient (Wildman–Crippen LogP) is 2.72. The summed E-state index contributed by atoms with van der Waals surface area (Å²) in [7, 11) is 0. The number of hydrogen-bond acceptors (Lipinski definition) is 2. The Balaban J connectivity index is 2.10. The van der Waals surface area contributed by atoms with E-state index < -0.39 is 0 Å². The molecule has 0 fully saturated rings. The van der Waals surface area contributed by atoms with E-state index >= 15 is 0 Å². The number of phenols is 1. The maximum Gasteiger partial charge on any atom is 0.123 e. The van der Waals surface area contributed by atoms with Gasteiger partial charge in [-0.3, -0.25) is 0 Å². The molecule has 0 aliphatic carbocycles. The van der Waals surface area contributed by atoms with Gasteiger partial charge in [0.1, 0.15) is 11.6 Å². The van der Waals surface area contributed by atoms with Gasteiger partial charge >= 0.3 is 0 Å². The molecule has 2 nitrogen and oxygen atoms in total. The van der Waals surface area contributed by atoms with Gasteiger partial charge in [-0.1, -0.05) is 24.3 Å². The van der Waals surface area contributed by atoms with Crippen LogP contribution in [-0.4, -0.2) is 5.11 Å². The molecule has 0 bridgehead atoms. The Bertz CT molecular complexity index is 568. The second kappa shape index (κ2) is 3.86. The van der Waals surface area contributed by atoms with Gasteiger partial charge in [0.15, 0.2) is 0 Å². The van der Waals surface area contributed by atoms with Crippen LogP contribution >= 0.6 is 0 Å².